The Balaban J connectivity index is 1.54. The quantitative estimate of drug-likeness (QED) is 0.836. The van der Waals surface area contributed by atoms with Crippen LogP contribution in [0.25, 0.3) is 11.5 Å². The third-order valence-electron chi connectivity index (χ3n) is 4.03. The Morgan fingerprint density at radius 1 is 1.42 bits per heavy atom. The molecule has 1 aliphatic heterocycles. The fourth-order valence-corrected chi connectivity index (χ4v) is 2.76. The molecular formula is C17H22N4O3. The van der Waals surface area contributed by atoms with Gasteiger partial charge in [0.05, 0.1) is 6.10 Å². The van der Waals surface area contributed by atoms with Crippen molar-refractivity contribution in [2.75, 3.05) is 13.1 Å². The Bertz CT molecular complexity index is 671. The van der Waals surface area contributed by atoms with Gasteiger partial charge in [-0.2, -0.15) is 4.98 Å². The van der Waals surface area contributed by atoms with Crippen molar-refractivity contribution in [3.63, 3.8) is 0 Å². The minimum Gasteiger partial charge on any atom is -0.368 e. The van der Waals surface area contributed by atoms with Crippen molar-refractivity contribution in [1.29, 1.82) is 0 Å². The van der Waals surface area contributed by atoms with Gasteiger partial charge < -0.3 is 14.2 Å². The molecule has 7 nitrogen and oxygen atoms in total. The van der Waals surface area contributed by atoms with Crippen molar-refractivity contribution in [1.82, 2.24) is 20.0 Å². The molecule has 0 aliphatic carbocycles. The maximum atomic E-state index is 12.1. The average molecular weight is 330 g/mol. The van der Waals surface area contributed by atoms with E-state index in [9.17, 15) is 4.79 Å². The minimum atomic E-state index is 0.0175. The first-order chi connectivity index (χ1) is 11.6. The number of likely N-dealkylation sites (tertiary alicyclic amines) is 1. The van der Waals surface area contributed by atoms with Gasteiger partial charge in [-0.1, -0.05) is 19.0 Å². The first-order valence-corrected chi connectivity index (χ1v) is 8.27. The highest BCUT2D eigenvalue weighted by Gasteiger charge is 2.25. The largest absolute Gasteiger partial charge is 0.368 e. The van der Waals surface area contributed by atoms with Gasteiger partial charge in [0.15, 0.2) is 5.82 Å². The first kappa shape index (κ1) is 16.6. The van der Waals surface area contributed by atoms with Crippen molar-refractivity contribution in [2.24, 2.45) is 5.92 Å². The summed E-state index contributed by atoms with van der Waals surface area (Å²) in [4.78, 5) is 22.3. The van der Waals surface area contributed by atoms with Crippen LogP contribution in [0.3, 0.4) is 0 Å². The third-order valence-corrected chi connectivity index (χ3v) is 4.03. The summed E-state index contributed by atoms with van der Waals surface area (Å²) >= 11 is 0. The molecule has 2 aromatic heterocycles. The summed E-state index contributed by atoms with van der Waals surface area (Å²) in [5.74, 6) is 1.16. The standard InChI is InChI=1S/C17H22N4O3/c1-12(2)17(22)21-9-3-4-14(10-21)23-11-15-19-16(24-20-15)13-5-7-18-8-6-13/h5-8,12,14H,3-4,9-11H2,1-2H3. The number of hydrogen-bond donors (Lipinski definition) is 0. The van der Waals surface area contributed by atoms with E-state index in [0.29, 0.717) is 18.3 Å². The van der Waals surface area contributed by atoms with Crippen LogP contribution in [0.15, 0.2) is 29.0 Å². The summed E-state index contributed by atoms with van der Waals surface area (Å²) < 4.78 is 11.1. The van der Waals surface area contributed by atoms with E-state index in [-0.39, 0.29) is 24.5 Å². The Morgan fingerprint density at radius 3 is 2.96 bits per heavy atom. The summed E-state index contributed by atoms with van der Waals surface area (Å²) in [6.45, 7) is 5.57. The zero-order valence-corrected chi connectivity index (χ0v) is 14.0. The minimum absolute atomic E-state index is 0.0175. The van der Waals surface area contributed by atoms with Crippen LogP contribution < -0.4 is 0 Å². The van der Waals surface area contributed by atoms with E-state index in [1.807, 2.05) is 30.9 Å². The molecule has 1 amide bonds. The second-order valence-electron chi connectivity index (χ2n) is 6.27. The number of aromatic nitrogens is 3. The van der Waals surface area contributed by atoms with E-state index in [4.69, 9.17) is 9.26 Å². The second kappa shape index (κ2) is 7.53. The van der Waals surface area contributed by atoms with Crippen LogP contribution in [0, 0.1) is 5.92 Å². The fraction of sp³-hybridized carbons (Fsp3) is 0.529. The topological polar surface area (TPSA) is 81.4 Å². The number of pyridine rings is 1. The van der Waals surface area contributed by atoms with Crippen LogP contribution in [-0.2, 0) is 16.1 Å². The highest BCUT2D eigenvalue weighted by molar-refractivity contribution is 5.78. The molecule has 0 spiro atoms. The number of amides is 1. The average Bonchev–Trinajstić information content (AvgIpc) is 3.09. The maximum absolute atomic E-state index is 12.1. The number of carbonyl (C=O) groups is 1. The Kier molecular flexibility index (Phi) is 5.20. The molecule has 0 bridgehead atoms. The Labute approximate surface area is 141 Å². The second-order valence-corrected chi connectivity index (χ2v) is 6.27. The highest BCUT2D eigenvalue weighted by atomic mass is 16.5. The molecular weight excluding hydrogens is 308 g/mol. The lowest BCUT2D eigenvalue weighted by atomic mass is 10.1. The van der Waals surface area contributed by atoms with E-state index in [1.54, 1.807) is 12.4 Å². The molecule has 7 heteroatoms. The molecule has 0 radical (unpaired) electrons. The van der Waals surface area contributed by atoms with Gasteiger partial charge in [-0.05, 0) is 25.0 Å². The van der Waals surface area contributed by atoms with E-state index in [0.717, 1.165) is 24.9 Å². The van der Waals surface area contributed by atoms with E-state index < -0.39 is 0 Å². The first-order valence-electron chi connectivity index (χ1n) is 8.27. The van der Waals surface area contributed by atoms with Crippen molar-refractivity contribution in [3.05, 3.63) is 30.4 Å². The monoisotopic (exact) mass is 330 g/mol. The number of nitrogens with zero attached hydrogens (tertiary/aromatic N) is 4. The number of rotatable bonds is 5. The van der Waals surface area contributed by atoms with Crippen LogP contribution in [0.4, 0.5) is 0 Å². The predicted molar refractivity (Wildman–Crippen MR) is 86.8 cm³/mol. The van der Waals surface area contributed by atoms with Gasteiger partial charge in [-0.15, -0.1) is 0 Å². The van der Waals surface area contributed by atoms with E-state index in [2.05, 4.69) is 15.1 Å². The molecule has 1 unspecified atom stereocenters. The van der Waals surface area contributed by atoms with Gasteiger partial charge in [0.2, 0.25) is 5.91 Å². The Hall–Kier alpha value is -2.28. The molecule has 1 aliphatic rings. The maximum Gasteiger partial charge on any atom is 0.258 e. The van der Waals surface area contributed by atoms with Gasteiger partial charge in [0.25, 0.3) is 5.89 Å². The lowest BCUT2D eigenvalue weighted by Gasteiger charge is -2.33. The molecule has 1 atom stereocenters. The lowest BCUT2D eigenvalue weighted by Crippen LogP contribution is -2.44. The molecule has 0 aromatic carbocycles. The molecule has 128 valence electrons. The van der Waals surface area contributed by atoms with Crippen molar-refractivity contribution < 1.29 is 14.1 Å². The molecule has 0 N–H and O–H groups in total. The molecule has 1 fully saturated rings. The van der Waals surface area contributed by atoms with Crippen LogP contribution in [0.5, 0.6) is 0 Å². The third kappa shape index (κ3) is 3.97. The van der Waals surface area contributed by atoms with Crippen molar-refractivity contribution in [3.8, 4) is 11.5 Å². The number of hydrogen-bond acceptors (Lipinski definition) is 6. The highest BCUT2D eigenvalue weighted by Crippen LogP contribution is 2.18. The predicted octanol–water partition coefficient (Wildman–Crippen LogP) is 2.30. The summed E-state index contributed by atoms with van der Waals surface area (Å²) in [5.41, 5.74) is 0.829. The zero-order chi connectivity index (χ0) is 16.9. The fourth-order valence-electron chi connectivity index (χ4n) is 2.76. The zero-order valence-electron chi connectivity index (χ0n) is 14.0. The number of ether oxygens (including phenoxy) is 1. The van der Waals surface area contributed by atoms with Crippen LogP contribution in [0.1, 0.15) is 32.5 Å². The normalized spacial score (nSPS) is 18.1. The molecule has 0 saturated carbocycles. The SMILES string of the molecule is CC(C)C(=O)N1CCCC(OCc2noc(-c3ccncc3)n2)C1. The van der Waals surface area contributed by atoms with E-state index in [1.165, 1.54) is 0 Å². The number of carbonyl (C=O) groups excluding carboxylic acids is 1. The molecule has 2 aromatic rings. The van der Waals surface area contributed by atoms with Crippen LogP contribution in [-0.4, -0.2) is 45.1 Å². The van der Waals surface area contributed by atoms with E-state index >= 15 is 0 Å². The van der Waals surface area contributed by atoms with Crippen molar-refractivity contribution in [2.45, 2.75) is 39.4 Å². The lowest BCUT2D eigenvalue weighted by molar-refractivity contribution is -0.138. The van der Waals surface area contributed by atoms with Gasteiger partial charge in [0.1, 0.15) is 6.61 Å². The van der Waals surface area contributed by atoms with Gasteiger partial charge >= 0.3 is 0 Å². The Morgan fingerprint density at radius 2 is 2.21 bits per heavy atom. The summed E-state index contributed by atoms with van der Waals surface area (Å²) in [6, 6.07) is 3.63. The van der Waals surface area contributed by atoms with Gasteiger partial charge in [-0.25, -0.2) is 0 Å². The van der Waals surface area contributed by atoms with Crippen molar-refractivity contribution >= 4 is 5.91 Å². The van der Waals surface area contributed by atoms with Gasteiger partial charge in [0, 0.05) is 37.0 Å². The smallest absolute Gasteiger partial charge is 0.258 e. The summed E-state index contributed by atoms with van der Waals surface area (Å²) in [7, 11) is 0. The van der Waals surface area contributed by atoms with Crippen LogP contribution >= 0.6 is 0 Å². The molecule has 24 heavy (non-hydrogen) atoms. The number of piperidine rings is 1. The molecule has 3 rings (SSSR count). The van der Waals surface area contributed by atoms with Gasteiger partial charge in [-0.3, -0.25) is 9.78 Å². The molecule has 3 heterocycles. The summed E-state index contributed by atoms with van der Waals surface area (Å²) in [6.07, 6.45) is 5.27. The summed E-state index contributed by atoms with van der Waals surface area (Å²) in [5, 5.41) is 3.95. The van der Waals surface area contributed by atoms with Crippen LogP contribution in [0.2, 0.25) is 0 Å². The molecule has 1 saturated heterocycles.